The normalized spacial score (nSPS) is 17.9. The Balaban J connectivity index is 0.00000529. The van der Waals surface area contributed by atoms with E-state index in [1.807, 2.05) is 0 Å². The number of hydrogen-bond donors (Lipinski definition) is 3. The van der Waals surface area contributed by atoms with Crippen molar-refractivity contribution in [3.8, 4) is 0 Å². The van der Waals surface area contributed by atoms with Crippen LogP contribution in [0.25, 0.3) is 0 Å². The molecule has 7 nitrogen and oxygen atoms in total. The Kier molecular flexibility index (Phi) is 13.3. The number of piperidine rings is 1. The van der Waals surface area contributed by atoms with E-state index in [0.717, 1.165) is 57.8 Å². The van der Waals surface area contributed by atoms with Crippen molar-refractivity contribution in [2.75, 3.05) is 46.9 Å². The molecule has 1 aliphatic heterocycles. The van der Waals surface area contributed by atoms with Crippen LogP contribution in [0.4, 0.5) is 0 Å². The van der Waals surface area contributed by atoms with E-state index in [0.29, 0.717) is 6.61 Å². The van der Waals surface area contributed by atoms with E-state index in [1.165, 1.54) is 0 Å². The Morgan fingerprint density at radius 2 is 2.04 bits per heavy atom. The summed E-state index contributed by atoms with van der Waals surface area (Å²) in [6.45, 7) is 6.67. The number of guanidine groups is 1. The number of halogens is 1. The number of aliphatic imine (C=N–C) groups is 1. The SMILES string of the molecule is CN=C(NCCCCN1CCC(C(N)=O)CC1)NC(C)COC.I. The summed E-state index contributed by atoms with van der Waals surface area (Å²) < 4.78 is 5.10. The van der Waals surface area contributed by atoms with Gasteiger partial charge in [-0.25, -0.2) is 0 Å². The van der Waals surface area contributed by atoms with Crippen LogP contribution in [0.2, 0.25) is 0 Å². The highest BCUT2D eigenvalue weighted by atomic mass is 127. The molecule has 4 N–H and O–H groups in total. The summed E-state index contributed by atoms with van der Waals surface area (Å²) in [5.74, 6) is 0.753. The third-order valence-electron chi connectivity index (χ3n) is 4.21. The molecule has 0 aromatic heterocycles. The fourth-order valence-corrected chi connectivity index (χ4v) is 2.83. The van der Waals surface area contributed by atoms with Crippen molar-refractivity contribution >= 4 is 35.8 Å². The van der Waals surface area contributed by atoms with Crippen molar-refractivity contribution in [1.29, 1.82) is 0 Å². The van der Waals surface area contributed by atoms with E-state index in [2.05, 4.69) is 27.4 Å². The molecule has 0 aromatic carbocycles. The topological polar surface area (TPSA) is 92.0 Å². The quantitative estimate of drug-likeness (QED) is 0.207. The lowest BCUT2D eigenvalue weighted by molar-refractivity contribution is -0.123. The van der Waals surface area contributed by atoms with Gasteiger partial charge in [0.25, 0.3) is 0 Å². The van der Waals surface area contributed by atoms with Crippen molar-refractivity contribution in [2.45, 2.75) is 38.6 Å². The number of ether oxygens (including phenoxy) is 1. The van der Waals surface area contributed by atoms with Gasteiger partial charge in [0.15, 0.2) is 5.96 Å². The first-order chi connectivity index (χ1) is 11.1. The average molecular weight is 455 g/mol. The van der Waals surface area contributed by atoms with Crippen LogP contribution < -0.4 is 16.4 Å². The van der Waals surface area contributed by atoms with E-state index < -0.39 is 0 Å². The van der Waals surface area contributed by atoms with Crippen molar-refractivity contribution in [2.24, 2.45) is 16.6 Å². The summed E-state index contributed by atoms with van der Waals surface area (Å²) in [5.41, 5.74) is 5.36. The van der Waals surface area contributed by atoms with Gasteiger partial charge in [0.1, 0.15) is 0 Å². The van der Waals surface area contributed by atoms with Crippen LogP contribution >= 0.6 is 24.0 Å². The number of nitrogens with zero attached hydrogens (tertiary/aromatic N) is 2. The van der Waals surface area contributed by atoms with Crippen LogP contribution in [0, 0.1) is 5.92 Å². The smallest absolute Gasteiger partial charge is 0.220 e. The number of primary amides is 1. The van der Waals surface area contributed by atoms with Gasteiger partial charge in [0.2, 0.25) is 5.91 Å². The average Bonchev–Trinajstić information content (AvgIpc) is 2.54. The van der Waals surface area contributed by atoms with Crippen molar-refractivity contribution < 1.29 is 9.53 Å². The maximum Gasteiger partial charge on any atom is 0.220 e. The first-order valence-corrected chi connectivity index (χ1v) is 8.54. The van der Waals surface area contributed by atoms with Crippen molar-refractivity contribution in [3.63, 3.8) is 0 Å². The number of amides is 1. The number of likely N-dealkylation sites (tertiary alicyclic amines) is 1. The number of hydrogen-bond acceptors (Lipinski definition) is 4. The van der Waals surface area contributed by atoms with Crippen LogP contribution in [0.1, 0.15) is 32.6 Å². The van der Waals surface area contributed by atoms with E-state index in [9.17, 15) is 4.79 Å². The standard InChI is InChI=1S/C16H33N5O2.HI/c1-13(12-23-3)20-16(18-2)19-8-4-5-9-21-10-6-14(7-11-21)15(17)22;/h13-14H,4-12H2,1-3H3,(H2,17,22)(H2,18,19,20);1H. The number of carbonyl (C=O) groups excluding carboxylic acids is 1. The molecular formula is C16H34IN5O2. The van der Waals surface area contributed by atoms with Gasteiger partial charge in [-0.15, -0.1) is 24.0 Å². The minimum atomic E-state index is -0.143. The monoisotopic (exact) mass is 455 g/mol. The fraction of sp³-hybridized carbons (Fsp3) is 0.875. The van der Waals surface area contributed by atoms with Gasteiger partial charge >= 0.3 is 0 Å². The number of nitrogens with one attached hydrogen (secondary N) is 2. The number of methoxy groups -OCH3 is 1. The third-order valence-corrected chi connectivity index (χ3v) is 4.21. The number of rotatable bonds is 9. The second-order valence-corrected chi connectivity index (χ2v) is 6.23. The molecule has 1 saturated heterocycles. The summed E-state index contributed by atoms with van der Waals surface area (Å²) in [6, 6.07) is 0.234. The van der Waals surface area contributed by atoms with Crippen LogP contribution in [-0.2, 0) is 9.53 Å². The highest BCUT2D eigenvalue weighted by Crippen LogP contribution is 2.16. The highest BCUT2D eigenvalue weighted by molar-refractivity contribution is 14.0. The van der Waals surface area contributed by atoms with Gasteiger partial charge in [0.05, 0.1) is 6.61 Å². The lowest BCUT2D eigenvalue weighted by Crippen LogP contribution is -2.44. The fourth-order valence-electron chi connectivity index (χ4n) is 2.83. The minimum absolute atomic E-state index is 0. The first-order valence-electron chi connectivity index (χ1n) is 8.54. The zero-order chi connectivity index (χ0) is 17.1. The molecule has 1 aliphatic rings. The lowest BCUT2D eigenvalue weighted by atomic mass is 9.96. The van der Waals surface area contributed by atoms with Gasteiger partial charge in [-0.05, 0) is 52.2 Å². The summed E-state index contributed by atoms with van der Waals surface area (Å²) in [5, 5.41) is 6.61. The molecule has 0 aromatic rings. The second kappa shape index (κ2) is 13.7. The molecule has 0 saturated carbocycles. The molecular weight excluding hydrogens is 421 g/mol. The molecule has 0 spiro atoms. The molecule has 1 heterocycles. The summed E-state index contributed by atoms with van der Waals surface area (Å²) in [4.78, 5) is 17.8. The van der Waals surface area contributed by atoms with Gasteiger partial charge in [-0.2, -0.15) is 0 Å². The number of unbranched alkanes of at least 4 members (excludes halogenated alkanes) is 1. The van der Waals surface area contributed by atoms with E-state index in [4.69, 9.17) is 10.5 Å². The second-order valence-electron chi connectivity index (χ2n) is 6.23. The largest absolute Gasteiger partial charge is 0.383 e. The van der Waals surface area contributed by atoms with Crippen LogP contribution in [0.15, 0.2) is 4.99 Å². The molecule has 1 rings (SSSR count). The molecule has 1 atom stereocenters. The van der Waals surface area contributed by atoms with E-state index in [-0.39, 0.29) is 41.8 Å². The molecule has 24 heavy (non-hydrogen) atoms. The van der Waals surface area contributed by atoms with Crippen molar-refractivity contribution in [1.82, 2.24) is 15.5 Å². The molecule has 0 radical (unpaired) electrons. The Morgan fingerprint density at radius 1 is 1.38 bits per heavy atom. The van der Waals surface area contributed by atoms with Gasteiger partial charge in [0, 0.05) is 32.7 Å². The maximum absolute atomic E-state index is 11.1. The number of nitrogens with two attached hydrogens (primary N) is 1. The van der Waals surface area contributed by atoms with E-state index in [1.54, 1.807) is 14.2 Å². The third kappa shape index (κ3) is 9.63. The maximum atomic E-state index is 11.1. The predicted octanol–water partition coefficient (Wildman–Crippen LogP) is 0.782. The van der Waals surface area contributed by atoms with Gasteiger partial charge in [-0.1, -0.05) is 0 Å². The number of carbonyl (C=O) groups is 1. The minimum Gasteiger partial charge on any atom is -0.383 e. The van der Waals surface area contributed by atoms with Gasteiger partial charge in [-0.3, -0.25) is 9.79 Å². The Hall–Kier alpha value is -0.610. The Bertz CT molecular complexity index is 373. The summed E-state index contributed by atoms with van der Waals surface area (Å²) >= 11 is 0. The molecule has 0 bridgehead atoms. The molecule has 8 heteroatoms. The summed E-state index contributed by atoms with van der Waals surface area (Å²) in [7, 11) is 3.47. The Labute approximate surface area is 163 Å². The molecule has 1 unspecified atom stereocenters. The highest BCUT2D eigenvalue weighted by Gasteiger charge is 2.22. The van der Waals surface area contributed by atoms with Crippen molar-refractivity contribution in [3.05, 3.63) is 0 Å². The predicted molar refractivity (Wildman–Crippen MR) is 109 cm³/mol. The summed E-state index contributed by atoms with van der Waals surface area (Å²) in [6.07, 6.45) is 4.04. The van der Waals surface area contributed by atoms with E-state index >= 15 is 0 Å². The molecule has 1 amide bonds. The molecule has 142 valence electrons. The molecule has 1 fully saturated rings. The Morgan fingerprint density at radius 3 is 2.58 bits per heavy atom. The van der Waals surface area contributed by atoms with Crippen LogP contribution in [0.5, 0.6) is 0 Å². The van der Waals surface area contributed by atoms with Gasteiger partial charge < -0.3 is 26.0 Å². The lowest BCUT2D eigenvalue weighted by Gasteiger charge is -2.30. The zero-order valence-corrected chi connectivity index (χ0v) is 17.5. The van der Waals surface area contributed by atoms with Crippen LogP contribution in [-0.4, -0.2) is 69.8 Å². The first kappa shape index (κ1) is 23.4. The molecule has 0 aliphatic carbocycles. The zero-order valence-electron chi connectivity index (χ0n) is 15.2. The van der Waals surface area contributed by atoms with Crippen LogP contribution in [0.3, 0.4) is 0 Å².